The van der Waals surface area contributed by atoms with Gasteiger partial charge in [-0.15, -0.1) is 13.2 Å². The maximum absolute atomic E-state index is 12.1. The fourth-order valence-electron chi connectivity index (χ4n) is 0.917. The number of aromatic nitrogens is 1. The smallest absolute Gasteiger partial charge is 0.386 e. The van der Waals surface area contributed by atoms with E-state index < -0.39 is 18.1 Å². The van der Waals surface area contributed by atoms with Crippen LogP contribution < -0.4 is 10.1 Å². The predicted octanol–water partition coefficient (Wildman–Crippen LogP) is 3.35. The van der Waals surface area contributed by atoms with Crippen molar-refractivity contribution in [2.24, 2.45) is 0 Å². The van der Waals surface area contributed by atoms with Crippen LogP contribution in [0.4, 0.5) is 18.9 Å². The fourth-order valence-corrected chi connectivity index (χ4v) is 1.37. The summed E-state index contributed by atoms with van der Waals surface area (Å²) in [5, 5.41) is 1.94. The van der Waals surface area contributed by atoms with Crippen LogP contribution in [0.1, 0.15) is 6.92 Å². The largest absolute Gasteiger partial charge is 0.574 e. The van der Waals surface area contributed by atoms with E-state index >= 15 is 0 Å². The Morgan fingerprint density at radius 1 is 1.59 bits per heavy atom. The number of halogens is 5. The van der Waals surface area contributed by atoms with E-state index in [0.29, 0.717) is 0 Å². The normalized spacial score (nSPS) is 11.2. The minimum atomic E-state index is -4.92. The second-order valence-electron chi connectivity index (χ2n) is 2.84. The average Bonchev–Trinajstić information content (AvgIpc) is 2.10. The van der Waals surface area contributed by atoms with Gasteiger partial charge in [0.1, 0.15) is 10.8 Å². The minimum absolute atomic E-state index is 0.210. The quantitative estimate of drug-likeness (QED) is 0.845. The molecule has 0 saturated carbocycles. The molecule has 0 atom stereocenters. The highest BCUT2D eigenvalue weighted by Gasteiger charge is 2.33. The summed E-state index contributed by atoms with van der Waals surface area (Å²) in [6, 6.07) is 1.16. The molecular weight excluding hydrogens is 328 g/mol. The molecule has 0 aliphatic carbocycles. The lowest BCUT2D eigenvalue weighted by Crippen LogP contribution is -2.20. The third-order valence-electron chi connectivity index (χ3n) is 1.42. The number of rotatable bonds is 2. The Hall–Kier alpha value is -1.02. The zero-order valence-electron chi connectivity index (χ0n) is 8.23. The van der Waals surface area contributed by atoms with E-state index in [4.69, 9.17) is 11.6 Å². The topological polar surface area (TPSA) is 51.2 Å². The van der Waals surface area contributed by atoms with E-state index in [9.17, 15) is 18.0 Å². The molecule has 0 aliphatic rings. The van der Waals surface area contributed by atoms with Gasteiger partial charge < -0.3 is 10.1 Å². The maximum Gasteiger partial charge on any atom is 0.574 e. The molecular formula is C8H5BrClF3N2O2. The first-order valence-corrected chi connectivity index (χ1v) is 5.25. The number of pyridine rings is 1. The van der Waals surface area contributed by atoms with Crippen LogP contribution in [0.3, 0.4) is 0 Å². The predicted molar refractivity (Wildman–Crippen MR) is 57.9 cm³/mol. The van der Waals surface area contributed by atoms with Crippen molar-refractivity contribution in [3.63, 3.8) is 0 Å². The van der Waals surface area contributed by atoms with Gasteiger partial charge in [0.25, 0.3) is 0 Å². The zero-order valence-corrected chi connectivity index (χ0v) is 10.6. The molecule has 1 aromatic rings. The van der Waals surface area contributed by atoms with Crippen LogP contribution in [0, 0.1) is 0 Å². The van der Waals surface area contributed by atoms with Gasteiger partial charge in [0.2, 0.25) is 11.8 Å². The van der Waals surface area contributed by atoms with Crippen molar-refractivity contribution in [3.8, 4) is 5.88 Å². The molecule has 0 aromatic carbocycles. The molecule has 1 aromatic heterocycles. The summed E-state index contributed by atoms with van der Waals surface area (Å²) in [6.07, 6.45) is -4.92. The molecule has 1 amide bonds. The van der Waals surface area contributed by atoms with Gasteiger partial charge in [0, 0.05) is 6.92 Å². The number of carbonyl (C=O) groups is 1. The lowest BCUT2D eigenvalue weighted by Gasteiger charge is -2.13. The van der Waals surface area contributed by atoms with Gasteiger partial charge in [-0.25, -0.2) is 0 Å². The molecule has 17 heavy (non-hydrogen) atoms. The van der Waals surface area contributed by atoms with Crippen LogP contribution in [-0.2, 0) is 4.79 Å². The van der Waals surface area contributed by atoms with E-state index in [1.54, 1.807) is 0 Å². The Morgan fingerprint density at radius 3 is 2.65 bits per heavy atom. The first-order chi connectivity index (χ1) is 7.69. The Kier molecular flexibility index (Phi) is 4.21. The summed E-state index contributed by atoms with van der Waals surface area (Å²) in [5.74, 6) is -1.38. The molecule has 0 bridgehead atoms. The summed E-state index contributed by atoms with van der Waals surface area (Å²) >= 11 is 8.50. The lowest BCUT2D eigenvalue weighted by molar-refractivity contribution is -0.275. The first kappa shape index (κ1) is 14.0. The van der Waals surface area contributed by atoms with Gasteiger partial charge in [0.15, 0.2) is 0 Å². The number of nitrogens with zero attached hydrogens (tertiary/aromatic N) is 1. The number of hydrogen-bond donors (Lipinski definition) is 1. The Morgan fingerprint density at radius 2 is 2.18 bits per heavy atom. The Balaban J connectivity index is 3.16. The van der Waals surface area contributed by atoms with Gasteiger partial charge in [-0.05, 0) is 22.0 Å². The molecule has 1 rings (SSSR count). The highest BCUT2D eigenvalue weighted by atomic mass is 79.9. The summed E-state index contributed by atoms with van der Waals surface area (Å²) in [6.45, 7) is 1.14. The van der Waals surface area contributed by atoms with Crippen LogP contribution in [0.2, 0.25) is 5.15 Å². The molecule has 1 heterocycles. The van der Waals surface area contributed by atoms with Gasteiger partial charge in [-0.1, -0.05) is 11.6 Å². The molecule has 0 spiro atoms. The summed E-state index contributed by atoms with van der Waals surface area (Å²) in [5.41, 5.74) is -0.230. The van der Waals surface area contributed by atoms with Gasteiger partial charge >= 0.3 is 6.36 Å². The number of anilines is 1. The van der Waals surface area contributed by atoms with E-state index in [1.165, 1.54) is 0 Å². The number of carbonyl (C=O) groups excluding carboxylic acids is 1. The van der Waals surface area contributed by atoms with E-state index in [0.717, 1.165) is 13.0 Å². The van der Waals surface area contributed by atoms with Crippen molar-refractivity contribution in [3.05, 3.63) is 15.7 Å². The second kappa shape index (κ2) is 5.09. The number of alkyl halides is 3. The van der Waals surface area contributed by atoms with Crippen LogP contribution in [0.5, 0.6) is 5.88 Å². The molecule has 1 N–H and O–H groups in total. The number of ether oxygens (including phenoxy) is 1. The number of amides is 1. The third-order valence-corrected chi connectivity index (χ3v) is 2.54. The van der Waals surface area contributed by atoms with E-state index in [2.05, 4.69) is 31.0 Å². The van der Waals surface area contributed by atoms with Crippen LogP contribution >= 0.6 is 27.5 Å². The molecule has 0 aliphatic heterocycles. The standard InChI is InChI=1S/C8H5BrClF3N2O2/c1-3(16)14-5-2-4(9)6(10)15-7(5)17-8(11,12)13/h2H,1H3,(H,14,16). The molecule has 4 nitrogen and oxygen atoms in total. The van der Waals surface area contributed by atoms with Gasteiger partial charge in [-0.2, -0.15) is 4.98 Å². The third kappa shape index (κ3) is 4.39. The van der Waals surface area contributed by atoms with Crippen LogP contribution in [-0.4, -0.2) is 17.3 Å². The highest BCUT2D eigenvalue weighted by molar-refractivity contribution is 9.10. The maximum atomic E-state index is 12.1. The SMILES string of the molecule is CC(=O)Nc1cc(Br)c(Cl)nc1OC(F)(F)F. The van der Waals surface area contributed by atoms with Crippen molar-refractivity contribution in [1.29, 1.82) is 0 Å². The average molecular weight is 333 g/mol. The van der Waals surface area contributed by atoms with Gasteiger partial charge in [-0.3, -0.25) is 4.79 Å². The molecule has 0 radical (unpaired) electrons. The monoisotopic (exact) mass is 332 g/mol. The first-order valence-electron chi connectivity index (χ1n) is 4.08. The van der Waals surface area contributed by atoms with E-state index in [1.807, 2.05) is 0 Å². The van der Waals surface area contributed by atoms with Crippen molar-refractivity contribution in [2.75, 3.05) is 5.32 Å². The Labute approximate surface area is 107 Å². The molecule has 0 unspecified atom stereocenters. The minimum Gasteiger partial charge on any atom is -0.386 e. The lowest BCUT2D eigenvalue weighted by atomic mass is 10.4. The van der Waals surface area contributed by atoms with Crippen molar-refractivity contribution in [1.82, 2.24) is 4.98 Å². The molecule has 0 saturated heterocycles. The molecule has 94 valence electrons. The summed E-state index contributed by atoms with van der Waals surface area (Å²) < 4.78 is 40.1. The summed E-state index contributed by atoms with van der Waals surface area (Å²) in [4.78, 5) is 14.2. The van der Waals surface area contributed by atoms with Crippen molar-refractivity contribution < 1.29 is 22.7 Å². The van der Waals surface area contributed by atoms with Crippen LogP contribution in [0.15, 0.2) is 10.5 Å². The number of nitrogens with one attached hydrogen (secondary N) is 1. The zero-order chi connectivity index (χ0) is 13.2. The molecule has 0 fully saturated rings. The molecule has 9 heteroatoms. The summed E-state index contributed by atoms with van der Waals surface area (Å²) in [7, 11) is 0. The second-order valence-corrected chi connectivity index (χ2v) is 4.06. The van der Waals surface area contributed by atoms with Crippen molar-refractivity contribution in [2.45, 2.75) is 13.3 Å². The fraction of sp³-hybridized carbons (Fsp3) is 0.250. The van der Waals surface area contributed by atoms with Gasteiger partial charge in [0.05, 0.1) is 4.47 Å². The van der Waals surface area contributed by atoms with Crippen molar-refractivity contribution >= 4 is 39.1 Å². The van der Waals surface area contributed by atoms with Crippen LogP contribution in [0.25, 0.3) is 0 Å². The van der Waals surface area contributed by atoms with E-state index in [-0.39, 0.29) is 15.3 Å². The highest BCUT2D eigenvalue weighted by Crippen LogP contribution is 2.34. The number of hydrogen-bond acceptors (Lipinski definition) is 3. The Bertz CT molecular complexity index is 453.